The number of hydrogen-bond acceptors (Lipinski definition) is 3. The Morgan fingerprint density at radius 3 is 2.76 bits per heavy atom. The van der Waals surface area contributed by atoms with E-state index in [1.807, 2.05) is 13.0 Å². The first-order chi connectivity index (χ1) is 10.0. The minimum atomic E-state index is -3.43. The standard InChI is InChI=1S/C15H22ClNO3S/c1-3-13-4-5-15(8-14(13)9-16)21(18,19)17-7-6-12(10-17)11-20-2/h4-5,8,12H,3,6-7,9-11H2,1-2H3. The molecule has 0 bridgehead atoms. The van der Waals surface area contributed by atoms with E-state index in [2.05, 4.69) is 0 Å². The van der Waals surface area contributed by atoms with Gasteiger partial charge in [0.2, 0.25) is 10.0 Å². The summed E-state index contributed by atoms with van der Waals surface area (Å²) in [6.07, 6.45) is 1.70. The average molecular weight is 332 g/mol. The van der Waals surface area contributed by atoms with Gasteiger partial charge < -0.3 is 4.74 Å². The molecule has 0 radical (unpaired) electrons. The number of methoxy groups -OCH3 is 1. The molecule has 4 nitrogen and oxygen atoms in total. The van der Waals surface area contributed by atoms with Crippen molar-refractivity contribution in [2.45, 2.75) is 30.5 Å². The third-order valence-corrected chi connectivity index (χ3v) is 6.14. The van der Waals surface area contributed by atoms with Crippen LogP contribution in [0.2, 0.25) is 0 Å². The molecule has 0 aliphatic carbocycles. The Bertz CT molecular complexity index is 589. The molecular weight excluding hydrogens is 310 g/mol. The van der Waals surface area contributed by atoms with Crippen molar-refractivity contribution in [1.82, 2.24) is 4.31 Å². The molecule has 1 aromatic rings. The fourth-order valence-electron chi connectivity index (χ4n) is 2.77. The van der Waals surface area contributed by atoms with Crippen molar-refractivity contribution in [3.05, 3.63) is 29.3 Å². The molecule has 1 saturated heterocycles. The second-order valence-electron chi connectivity index (χ2n) is 5.39. The highest BCUT2D eigenvalue weighted by Crippen LogP contribution is 2.26. The van der Waals surface area contributed by atoms with E-state index in [9.17, 15) is 8.42 Å². The van der Waals surface area contributed by atoms with E-state index in [4.69, 9.17) is 16.3 Å². The van der Waals surface area contributed by atoms with Crippen molar-refractivity contribution >= 4 is 21.6 Å². The monoisotopic (exact) mass is 331 g/mol. The lowest BCUT2D eigenvalue weighted by atomic mass is 10.1. The molecule has 21 heavy (non-hydrogen) atoms. The van der Waals surface area contributed by atoms with Crippen LogP contribution in [0.3, 0.4) is 0 Å². The maximum absolute atomic E-state index is 12.7. The summed E-state index contributed by atoms with van der Waals surface area (Å²) in [4.78, 5) is 0.341. The summed E-state index contributed by atoms with van der Waals surface area (Å²) < 4.78 is 32.1. The number of halogens is 1. The maximum atomic E-state index is 12.7. The molecule has 1 aliphatic rings. The third-order valence-electron chi connectivity index (χ3n) is 3.99. The molecule has 1 aliphatic heterocycles. The highest BCUT2D eigenvalue weighted by atomic mass is 35.5. The summed E-state index contributed by atoms with van der Waals surface area (Å²) in [5.74, 6) is 0.617. The van der Waals surface area contributed by atoms with Gasteiger partial charge in [-0.25, -0.2) is 8.42 Å². The lowest BCUT2D eigenvalue weighted by Gasteiger charge is -2.18. The maximum Gasteiger partial charge on any atom is 0.243 e. The summed E-state index contributed by atoms with van der Waals surface area (Å²) in [5, 5.41) is 0. The highest BCUT2D eigenvalue weighted by molar-refractivity contribution is 7.89. The first-order valence-corrected chi connectivity index (χ1v) is 9.17. The van der Waals surface area contributed by atoms with Crippen LogP contribution in [0, 0.1) is 5.92 Å². The molecule has 1 unspecified atom stereocenters. The number of rotatable bonds is 6. The van der Waals surface area contributed by atoms with Crippen LogP contribution >= 0.6 is 11.6 Å². The number of ether oxygens (including phenoxy) is 1. The van der Waals surface area contributed by atoms with E-state index < -0.39 is 10.0 Å². The first kappa shape index (κ1) is 16.7. The number of alkyl halides is 1. The fraction of sp³-hybridized carbons (Fsp3) is 0.600. The van der Waals surface area contributed by atoms with E-state index in [-0.39, 0.29) is 5.92 Å². The predicted molar refractivity (Wildman–Crippen MR) is 84.1 cm³/mol. The van der Waals surface area contributed by atoms with Crippen molar-refractivity contribution < 1.29 is 13.2 Å². The number of nitrogens with zero attached hydrogens (tertiary/aromatic N) is 1. The summed E-state index contributed by atoms with van der Waals surface area (Å²) in [6.45, 7) is 3.73. The van der Waals surface area contributed by atoms with Crippen LogP contribution < -0.4 is 0 Å². The molecule has 1 heterocycles. The summed E-state index contributed by atoms with van der Waals surface area (Å²) in [6, 6.07) is 5.27. The van der Waals surface area contributed by atoms with Crippen LogP contribution in [0.5, 0.6) is 0 Å². The first-order valence-electron chi connectivity index (χ1n) is 7.19. The highest BCUT2D eigenvalue weighted by Gasteiger charge is 2.32. The van der Waals surface area contributed by atoms with E-state index in [0.29, 0.717) is 30.5 Å². The van der Waals surface area contributed by atoms with E-state index in [0.717, 1.165) is 24.0 Å². The molecule has 0 saturated carbocycles. The second kappa shape index (κ2) is 7.09. The van der Waals surface area contributed by atoms with Gasteiger partial charge in [0.1, 0.15) is 0 Å². The zero-order valence-electron chi connectivity index (χ0n) is 12.5. The van der Waals surface area contributed by atoms with Crippen LogP contribution in [0.25, 0.3) is 0 Å². The van der Waals surface area contributed by atoms with Crippen molar-refractivity contribution in [2.75, 3.05) is 26.8 Å². The Balaban J connectivity index is 2.24. The molecule has 0 N–H and O–H groups in total. The fourth-order valence-corrected chi connectivity index (χ4v) is 4.60. The Morgan fingerprint density at radius 1 is 1.38 bits per heavy atom. The van der Waals surface area contributed by atoms with Gasteiger partial charge in [-0.1, -0.05) is 13.0 Å². The van der Waals surface area contributed by atoms with Crippen molar-refractivity contribution in [2.24, 2.45) is 5.92 Å². The Kier molecular flexibility index (Phi) is 5.66. The van der Waals surface area contributed by atoms with Crippen LogP contribution in [0.4, 0.5) is 0 Å². The zero-order chi connectivity index (χ0) is 15.5. The van der Waals surface area contributed by atoms with Crippen LogP contribution in [0.15, 0.2) is 23.1 Å². The summed E-state index contributed by atoms with van der Waals surface area (Å²) >= 11 is 5.93. The van der Waals surface area contributed by atoms with E-state index >= 15 is 0 Å². The molecular formula is C15H22ClNO3S. The van der Waals surface area contributed by atoms with Crippen molar-refractivity contribution in [3.63, 3.8) is 0 Å². The Labute approximate surface area is 132 Å². The van der Waals surface area contributed by atoms with Gasteiger partial charge >= 0.3 is 0 Å². The van der Waals surface area contributed by atoms with Gasteiger partial charge in [0.25, 0.3) is 0 Å². The average Bonchev–Trinajstić information content (AvgIpc) is 2.96. The SMILES string of the molecule is CCc1ccc(S(=O)(=O)N2CCC(COC)C2)cc1CCl. The molecule has 1 fully saturated rings. The molecule has 6 heteroatoms. The molecule has 0 spiro atoms. The van der Waals surface area contributed by atoms with Crippen molar-refractivity contribution in [1.29, 1.82) is 0 Å². The molecule has 0 amide bonds. The van der Waals surface area contributed by atoms with Gasteiger partial charge in [0, 0.05) is 26.1 Å². The molecule has 118 valence electrons. The van der Waals surface area contributed by atoms with Gasteiger partial charge in [0.05, 0.1) is 11.5 Å². The number of aryl methyl sites for hydroxylation is 1. The third kappa shape index (κ3) is 3.59. The molecule has 2 rings (SSSR count). The Morgan fingerprint density at radius 2 is 2.14 bits per heavy atom. The molecule has 1 aromatic carbocycles. The second-order valence-corrected chi connectivity index (χ2v) is 7.60. The van der Waals surface area contributed by atoms with Gasteiger partial charge in [-0.15, -0.1) is 11.6 Å². The van der Waals surface area contributed by atoms with Gasteiger partial charge in [0.15, 0.2) is 0 Å². The quantitative estimate of drug-likeness (QED) is 0.753. The van der Waals surface area contributed by atoms with Crippen LogP contribution in [-0.4, -0.2) is 39.5 Å². The topological polar surface area (TPSA) is 46.6 Å². The Hall–Kier alpha value is -0.620. The van der Waals surface area contributed by atoms with Crippen LogP contribution in [-0.2, 0) is 27.1 Å². The number of benzene rings is 1. The summed E-state index contributed by atoms with van der Waals surface area (Å²) in [5.41, 5.74) is 2.00. The van der Waals surface area contributed by atoms with Gasteiger partial charge in [-0.2, -0.15) is 4.31 Å². The van der Waals surface area contributed by atoms with E-state index in [1.165, 1.54) is 0 Å². The molecule has 0 aromatic heterocycles. The lowest BCUT2D eigenvalue weighted by molar-refractivity contribution is 0.157. The lowest BCUT2D eigenvalue weighted by Crippen LogP contribution is -2.29. The van der Waals surface area contributed by atoms with E-state index in [1.54, 1.807) is 23.5 Å². The van der Waals surface area contributed by atoms with Gasteiger partial charge in [-0.3, -0.25) is 0 Å². The normalized spacial score (nSPS) is 20.0. The minimum Gasteiger partial charge on any atom is -0.384 e. The smallest absolute Gasteiger partial charge is 0.243 e. The van der Waals surface area contributed by atoms with Gasteiger partial charge in [-0.05, 0) is 42.0 Å². The summed E-state index contributed by atoms with van der Waals surface area (Å²) in [7, 11) is -1.78. The number of sulfonamides is 1. The zero-order valence-corrected chi connectivity index (χ0v) is 14.1. The van der Waals surface area contributed by atoms with Crippen molar-refractivity contribution in [3.8, 4) is 0 Å². The predicted octanol–water partition coefficient (Wildman–Crippen LogP) is 2.64. The minimum absolute atomic E-state index is 0.284. The van der Waals surface area contributed by atoms with Crippen LogP contribution in [0.1, 0.15) is 24.5 Å². The molecule has 1 atom stereocenters. The number of hydrogen-bond donors (Lipinski definition) is 0. The largest absolute Gasteiger partial charge is 0.384 e.